The Labute approximate surface area is 135 Å². The van der Waals surface area contributed by atoms with Crippen molar-refractivity contribution in [2.45, 2.75) is 26.2 Å². The Morgan fingerprint density at radius 3 is 2.52 bits per heavy atom. The van der Waals surface area contributed by atoms with Gasteiger partial charge in [0.25, 0.3) is 0 Å². The quantitative estimate of drug-likeness (QED) is 0.690. The molecule has 0 N–H and O–H groups in total. The van der Waals surface area contributed by atoms with Crippen LogP contribution in [-0.4, -0.2) is 18.7 Å². The topological polar surface area (TPSA) is 43.4 Å². The van der Waals surface area contributed by atoms with Crippen LogP contribution in [0.15, 0.2) is 30.3 Å². The molecule has 4 rings (SSSR count). The van der Waals surface area contributed by atoms with Crippen LogP contribution >= 0.6 is 0 Å². The Hall–Kier alpha value is -2.42. The van der Waals surface area contributed by atoms with Crippen LogP contribution in [0.25, 0.3) is 0 Å². The molecule has 0 amide bonds. The lowest BCUT2D eigenvalue weighted by Gasteiger charge is -2.27. The molecule has 2 aliphatic rings. The van der Waals surface area contributed by atoms with Gasteiger partial charge < -0.3 is 4.74 Å². The van der Waals surface area contributed by atoms with Crippen molar-refractivity contribution in [2.75, 3.05) is 7.11 Å². The summed E-state index contributed by atoms with van der Waals surface area (Å²) in [6.07, 6.45) is 2.92. The monoisotopic (exact) mass is 306 g/mol. The molecule has 0 saturated heterocycles. The highest BCUT2D eigenvalue weighted by Crippen LogP contribution is 2.38. The minimum atomic E-state index is -0.103. The standard InChI is InChI=1S/C20H18O3/c1-11-6-8-13-12(10-11)7-9-15-17(13)19(21)14-4-3-5-16(23-2)18(14)20(15)22/h3-5,7,9,11H,6,8,10H2,1-2H3. The SMILES string of the molecule is COc1cccc2c1C(=O)c1ccc3c(c1C2=O)CCC(C)C3. The van der Waals surface area contributed by atoms with Gasteiger partial charge in [-0.15, -0.1) is 0 Å². The van der Waals surface area contributed by atoms with Crippen molar-refractivity contribution in [2.24, 2.45) is 5.92 Å². The van der Waals surface area contributed by atoms with E-state index in [1.54, 1.807) is 18.2 Å². The molecule has 1 atom stereocenters. The Morgan fingerprint density at radius 2 is 1.74 bits per heavy atom. The largest absolute Gasteiger partial charge is 0.496 e. The van der Waals surface area contributed by atoms with E-state index in [4.69, 9.17) is 4.74 Å². The van der Waals surface area contributed by atoms with Crippen molar-refractivity contribution >= 4 is 11.6 Å². The number of benzene rings is 2. The van der Waals surface area contributed by atoms with E-state index in [-0.39, 0.29) is 11.6 Å². The molecule has 0 radical (unpaired) electrons. The smallest absolute Gasteiger partial charge is 0.198 e. The first-order chi connectivity index (χ1) is 11.1. The molecule has 0 aliphatic heterocycles. The molecule has 116 valence electrons. The fourth-order valence-electron chi connectivity index (χ4n) is 3.88. The fraction of sp³-hybridized carbons (Fsp3) is 0.300. The number of hydrogen-bond acceptors (Lipinski definition) is 3. The van der Waals surface area contributed by atoms with E-state index in [2.05, 4.69) is 6.92 Å². The van der Waals surface area contributed by atoms with Crippen LogP contribution in [-0.2, 0) is 12.8 Å². The van der Waals surface area contributed by atoms with Crippen molar-refractivity contribution in [3.05, 3.63) is 63.7 Å². The average Bonchev–Trinajstić information content (AvgIpc) is 2.57. The Morgan fingerprint density at radius 1 is 1.00 bits per heavy atom. The molecular formula is C20H18O3. The molecule has 3 nitrogen and oxygen atoms in total. The molecule has 0 fully saturated rings. The van der Waals surface area contributed by atoms with Gasteiger partial charge in [-0.25, -0.2) is 0 Å². The van der Waals surface area contributed by atoms with Crippen LogP contribution in [0.2, 0.25) is 0 Å². The first-order valence-electron chi connectivity index (χ1n) is 8.03. The zero-order valence-electron chi connectivity index (χ0n) is 13.3. The van der Waals surface area contributed by atoms with E-state index < -0.39 is 0 Å². The van der Waals surface area contributed by atoms with Gasteiger partial charge in [0.1, 0.15) is 5.75 Å². The van der Waals surface area contributed by atoms with E-state index in [1.807, 2.05) is 12.1 Å². The van der Waals surface area contributed by atoms with E-state index in [0.717, 1.165) is 24.8 Å². The lowest BCUT2D eigenvalue weighted by molar-refractivity contribution is 0.0975. The summed E-state index contributed by atoms with van der Waals surface area (Å²) in [4.78, 5) is 26.0. The van der Waals surface area contributed by atoms with Crippen LogP contribution in [0.3, 0.4) is 0 Å². The number of fused-ring (bicyclic) bond motifs is 4. The Kier molecular flexibility index (Phi) is 3.12. The van der Waals surface area contributed by atoms with E-state index in [9.17, 15) is 9.59 Å². The minimum Gasteiger partial charge on any atom is -0.496 e. The van der Waals surface area contributed by atoms with Gasteiger partial charge in [0.2, 0.25) is 0 Å². The van der Waals surface area contributed by atoms with Crippen molar-refractivity contribution in [1.29, 1.82) is 0 Å². The summed E-state index contributed by atoms with van der Waals surface area (Å²) in [6, 6.07) is 9.07. The number of ether oxygens (including phenoxy) is 1. The molecule has 2 aromatic rings. The van der Waals surface area contributed by atoms with Crippen molar-refractivity contribution in [3.8, 4) is 5.75 Å². The third-order valence-electron chi connectivity index (χ3n) is 5.05. The predicted octanol–water partition coefficient (Wildman–Crippen LogP) is 3.60. The summed E-state index contributed by atoms with van der Waals surface area (Å²) in [6.45, 7) is 2.23. The van der Waals surface area contributed by atoms with Crippen LogP contribution < -0.4 is 4.74 Å². The number of carbonyl (C=O) groups excluding carboxylic acids is 2. The zero-order valence-corrected chi connectivity index (χ0v) is 13.3. The number of rotatable bonds is 1. The van der Waals surface area contributed by atoms with Gasteiger partial charge in [0.05, 0.1) is 12.7 Å². The average molecular weight is 306 g/mol. The number of hydrogen-bond donors (Lipinski definition) is 0. The van der Waals surface area contributed by atoms with Gasteiger partial charge in [0, 0.05) is 16.7 Å². The first-order valence-corrected chi connectivity index (χ1v) is 8.03. The van der Waals surface area contributed by atoms with Gasteiger partial charge in [-0.1, -0.05) is 25.1 Å². The second kappa shape index (κ2) is 5.05. The molecule has 23 heavy (non-hydrogen) atoms. The molecular weight excluding hydrogens is 288 g/mol. The second-order valence-electron chi connectivity index (χ2n) is 6.51. The molecule has 1 unspecified atom stereocenters. The maximum atomic E-state index is 13.1. The zero-order chi connectivity index (χ0) is 16.1. The number of carbonyl (C=O) groups is 2. The summed E-state index contributed by atoms with van der Waals surface area (Å²) >= 11 is 0. The third kappa shape index (κ3) is 1.96. The molecule has 0 bridgehead atoms. The Bertz CT molecular complexity index is 848. The maximum Gasteiger partial charge on any atom is 0.198 e. The number of methoxy groups -OCH3 is 1. The summed E-state index contributed by atoms with van der Waals surface area (Å²) in [7, 11) is 1.52. The minimum absolute atomic E-state index is 0.0418. The van der Waals surface area contributed by atoms with E-state index >= 15 is 0 Å². The van der Waals surface area contributed by atoms with E-state index in [1.165, 1.54) is 12.7 Å². The Balaban J connectivity index is 1.97. The third-order valence-corrected chi connectivity index (χ3v) is 5.05. The second-order valence-corrected chi connectivity index (χ2v) is 6.51. The summed E-state index contributed by atoms with van der Waals surface area (Å²) < 4.78 is 5.30. The van der Waals surface area contributed by atoms with Crippen LogP contribution in [0.1, 0.15) is 56.3 Å². The van der Waals surface area contributed by atoms with Gasteiger partial charge in [0.15, 0.2) is 11.6 Å². The van der Waals surface area contributed by atoms with E-state index in [0.29, 0.717) is 33.9 Å². The highest BCUT2D eigenvalue weighted by molar-refractivity contribution is 6.29. The number of ketones is 2. The van der Waals surface area contributed by atoms with Crippen molar-refractivity contribution in [1.82, 2.24) is 0 Å². The highest BCUT2D eigenvalue weighted by Gasteiger charge is 2.35. The molecule has 0 heterocycles. The van der Waals surface area contributed by atoms with Crippen LogP contribution in [0.5, 0.6) is 5.75 Å². The van der Waals surface area contributed by atoms with Crippen molar-refractivity contribution in [3.63, 3.8) is 0 Å². The maximum absolute atomic E-state index is 13.1. The first kappa shape index (κ1) is 14.2. The van der Waals surface area contributed by atoms with Gasteiger partial charge in [-0.05, 0) is 48.4 Å². The lowest BCUT2D eigenvalue weighted by Crippen LogP contribution is -2.26. The van der Waals surface area contributed by atoms with Crippen molar-refractivity contribution < 1.29 is 14.3 Å². The van der Waals surface area contributed by atoms with Crippen LogP contribution in [0.4, 0.5) is 0 Å². The molecule has 0 saturated carbocycles. The molecule has 0 spiro atoms. The normalized spacial score (nSPS) is 19.0. The van der Waals surface area contributed by atoms with Gasteiger partial charge >= 0.3 is 0 Å². The molecule has 3 heteroatoms. The van der Waals surface area contributed by atoms with Gasteiger partial charge in [-0.2, -0.15) is 0 Å². The van der Waals surface area contributed by atoms with Crippen LogP contribution in [0, 0.1) is 5.92 Å². The fourth-order valence-corrected chi connectivity index (χ4v) is 3.88. The summed E-state index contributed by atoms with van der Waals surface area (Å²) in [5.74, 6) is 0.952. The predicted molar refractivity (Wildman–Crippen MR) is 87.5 cm³/mol. The summed E-state index contributed by atoms with van der Waals surface area (Å²) in [5, 5.41) is 0. The highest BCUT2D eigenvalue weighted by atomic mass is 16.5. The van der Waals surface area contributed by atoms with Gasteiger partial charge in [-0.3, -0.25) is 9.59 Å². The molecule has 2 aliphatic carbocycles. The molecule has 2 aromatic carbocycles. The summed E-state index contributed by atoms with van der Waals surface area (Å²) in [5.41, 5.74) is 4.31. The molecule has 0 aromatic heterocycles. The lowest BCUT2D eigenvalue weighted by atomic mass is 9.75.